The van der Waals surface area contributed by atoms with Crippen molar-refractivity contribution in [3.05, 3.63) is 34.9 Å². The molecule has 1 aliphatic carbocycles. The normalized spacial score (nSPS) is 23.3. The SMILES string of the molecule is Cc1ccc(CC(=O)C2CCCCC2CN)cc1C. The molecule has 2 N–H and O–H groups in total. The van der Waals surface area contributed by atoms with Crippen LogP contribution in [0.2, 0.25) is 0 Å². The van der Waals surface area contributed by atoms with Gasteiger partial charge in [-0.25, -0.2) is 0 Å². The van der Waals surface area contributed by atoms with Crippen molar-refractivity contribution in [2.24, 2.45) is 17.6 Å². The Hall–Kier alpha value is -1.15. The third kappa shape index (κ3) is 3.44. The highest BCUT2D eigenvalue weighted by Gasteiger charge is 2.29. The lowest BCUT2D eigenvalue weighted by Crippen LogP contribution is -2.33. The van der Waals surface area contributed by atoms with Gasteiger partial charge < -0.3 is 5.73 Å². The maximum Gasteiger partial charge on any atom is 0.140 e. The molecule has 0 spiro atoms. The van der Waals surface area contributed by atoms with E-state index in [-0.39, 0.29) is 5.92 Å². The van der Waals surface area contributed by atoms with E-state index in [9.17, 15) is 4.79 Å². The van der Waals surface area contributed by atoms with E-state index in [1.807, 2.05) is 0 Å². The maximum absolute atomic E-state index is 12.5. The van der Waals surface area contributed by atoms with E-state index in [1.54, 1.807) is 0 Å². The molecule has 1 fully saturated rings. The van der Waals surface area contributed by atoms with Gasteiger partial charge in [0.2, 0.25) is 0 Å². The summed E-state index contributed by atoms with van der Waals surface area (Å²) < 4.78 is 0. The second-order valence-corrected chi connectivity index (χ2v) is 5.95. The van der Waals surface area contributed by atoms with Crippen molar-refractivity contribution >= 4 is 5.78 Å². The Labute approximate surface area is 116 Å². The fraction of sp³-hybridized carbons (Fsp3) is 0.588. The number of ketones is 1. The van der Waals surface area contributed by atoms with Crippen LogP contribution in [0.25, 0.3) is 0 Å². The van der Waals surface area contributed by atoms with E-state index in [2.05, 4.69) is 32.0 Å². The summed E-state index contributed by atoms with van der Waals surface area (Å²) >= 11 is 0. The van der Waals surface area contributed by atoms with Gasteiger partial charge in [-0.1, -0.05) is 31.0 Å². The van der Waals surface area contributed by atoms with Crippen molar-refractivity contribution in [1.82, 2.24) is 0 Å². The largest absolute Gasteiger partial charge is 0.330 e. The zero-order valence-corrected chi connectivity index (χ0v) is 12.1. The second kappa shape index (κ2) is 6.33. The Morgan fingerprint density at radius 1 is 1.21 bits per heavy atom. The highest BCUT2D eigenvalue weighted by Crippen LogP contribution is 2.30. The van der Waals surface area contributed by atoms with E-state index in [4.69, 9.17) is 5.73 Å². The Bertz CT molecular complexity index is 453. The molecule has 1 aromatic rings. The molecule has 1 saturated carbocycles. The van der Waals surface area contributed by atoms with Gasteiger partial charge in [0, 0.05) is 12.3 Å². The number of rotatable bonds is 4. The van der Waals surface area contributed by atoms with E-state index in [1.165, 1.54) is 24.0 Å². The Kier molecular flexibility index (Phi) is 4.76. The van der Waals surface area contributed by atoms with Crippen molar-refractivity contribution < 1.29 is 4.79 Å². The molecule has 2 nitrogen and oxygen atoms in total. The van der Waals surface area contributed by atoms with E-state index in [0.29, 0.717) is 24.7 Å². The first-order valence-electron chi connectivity index (χ1n) is 7.40. The third-order valence-electron chi connectivity index (χ3n) is 4.58. The quantitative estimate of drug-likeness (QED) is 0.902. The monoisotopic (exact) mass is 259 g/mol. The van der Waals surface area contributed by atoms with Gasteiger partial charge in [-0.3, -0.25) is 4.79 Å². The summed E-state index contributed by atoms with van der Waals surface area (Å²) in [6.45, 7) is 4.86. The molecule has 0 saturated heterocycles. The number of hydrogen-bond donors (Lipinski definition) is 1. The van der Waals surface area contributed by atoms with Crippen LogP contribution in [0.3, 0.4) is 0 Å². The predicted molar refractivity (Wildman–Crippen MR) is 79.1 cm³/mol. The molecule has 1 aromatic carbocycles. The Morgan fingerprint density at radius 2 is 1.95 bits per heavy atom. The summed E-state index contributed by atoms with van der Waals surface area (Å²) in [4.78, 5) is 12.5. The minimum Gasteiger partial charge on any atom is -0.330 e. The minimum absolute atomic E-state index is 0.195. The van der Waals surface area contributed by atoms with Crippen molar-refractivity contribution in [2.45, 2.75) is 46.0 Å². The number of aryl methyl sites for hydroxylation is 2. The average molecular weight is 259 g/mol. The van der Waals surface area contributed by atoms with Gasteiger partial charge >= 0.3 is 0 Å². The van der Waals surface area contributed by atoms with Crippen molar-refractivity contribution in [2.75, 3.05) is 6.54 Å². The topological polar surface area (TPSA) is 43.1 Å². The number of Topliss-reactive ketones (excluding diaryl/α,β-unsaturated/α-hetero) is 1. The maximum atomic E-state index is 12.5. The molecular formula is C17H25NO. The van der Waals surface area contributed by atoms with E-state index < -0.39 is 0 Å². The fourth-order valence-electron chi connectivity index (χ4n) is 3.16. The summed E-state index contributed by atoms with van der Waals surface area (Å²) in [5.74, 6) is 0.992. The molecule has 2 rings (SSSR count). The van der Waals surface area contributed by atoms with Crippen molar-refractivity contribution in [3.63, 3.8) is 0 Å². The first-order chi connectivity index (χ1) is 9.11. The van der Waals surface area contributed by atoms with Gasteiger partial charge in [0.15, 0.2) is 0 Å². The molecule has 0 aromatic heterocycles. The molecule has 19 heavy (non-hydrogen) atoms. The minimum atomic E-state index is 0.195. The summed E-state index contributed by atoms with van der Waals surface area (Å²) in [5.41, 5.74) is 9.52. The zero-order chi connectivity index (χ0) is 13.8. The lowest BCUT2D eigenvalue weighted by molar-refractivity contribution is -0.124. The van der Waals surface area contributed by atoms with Gasteiger partial charge in [-0.05, 0) is 55.8 Å². The molecule has 2 atom stereocenters. The molecule has 0 amide bonds. The molecule has 0 heterocycles. The third-order valence-corrected chi connectivity index (χ3v) is 4.58. The number of benzene rings is 1. The smallest absolute Gasteiger partial charge is 0.140 e. The molecular weight excluding hydrogens is 234 g/mol. The lowest BCUT2D eigenvalue weighted by atomic mass is 9.76. The van der Waals surface area contributed by atoms with Gasteiger partial charge in [-0.2, -0.15) is 0 Å². The Balaban J connectivity index is 2.05. The molecule has 104 valence electrons. The van der Waals surface area contributed by atoms with E-state index >= 15 is 0 Å². The lowest BCUT2D eigenvalue weighted by Gasteiger charge is -2.29. The van der Waals surface area contributed by atoms with Crippen molar-refractivity contribution in [1.29, 1.82) is 0 Å². The zero-order valence-electron chi connectivity index (χ0n) is 12.1. The number of nitrogens with two attached hydrogens (primary N) is 1. The molecule has 2 heteroatoms. The highest BCUT2D eigenvalue weighted by atomic mass is 16.1. The van der Waals surface area contributed by atoms with Gasteiger partial charge in [0.25, 0.3) is 0 Å². The molecule has 1 aliphatic rings. The molecule has 0 bridgehead atoms. The van der Waals surface area contributed by atoms with Crippen LogP contribution >= 0.6 is 0 Å². The van der Waals surface area contributed by atoms with Crippen LogP contribution in [0, 0.1) is 25.7 Å². The first-order valence-corrected chi connectivity index (χ1v) is 7.40. The van der Waals surface area contributed by atoms with Gasteiger partial charge in [0.05, 0.1) is 0 Å². The summed E-state index contributed by atoms with van der Waals surface area (Å²) in [5, 5.41) is 0. The van der Waals surface area contributed by atoms with Crippen LogP contribution in [0.5, 0.6) is 0 Å². The van der Waals surface area contributed by atoms with Crippen LogP contribution in [-0.4, -0.2) is 12.3 Å². The van der Waals surface area contributed by atoms with Gasteiger partial charge in [-0.15, -0.1) is 0 Å². The first kappa shape index (κ1) is 14.3. The van der Waals surface area contributed by atoms with Crippen LogP contribution < -0.4 is 5.73 Å². The van der Waals surface area contributed by atoms with Crippen LogP contribution in [0.1, 0.15) is 42.4 Å². The fourth-order valence-corrected chi connectivity index (χ4v) is 3.16. The Morgan fingerprint density at radius 3 is 2.63 bits per heavy atom. The highest BCUT2D eigenvalue weighted by molar-refractivity contribution is 5.83. The van der Waals surface area contributed by atoms with Gasteiger partial charge in [0.1, 0.15) is 5.78 Å². The number of hydrogen-bond acceptors (Lipinski definition) is 2. The number of carbonyl (C=O) groups is 1. The molecule has 2 unspecified atom stereocenters. The summed E-state index contributed by atoms with van der Waals surface area (Å²) in [7, 11) is 0. The van der Waals surface area contributed by atoms with Crippen LogP contribution in [0.15, 0.2) is 18.2 Å². The average Bonchev–Trinajstić information content (AvgIpc) is 2.43. The van der Waals surface area contributed by atoms with Crippen LogP contribution in [0.4, 0.5) is 0 Å². The number of carbonyl (C=O) groups excluding carboxylic acids is 1. The molecule has 0 radical (unpaired) electrons. The van der Waals surface area contributed by atoms with Crippen molar-refractivity contribution in [3.8, 4) is 0 Å². The molecule has 0 aliphatic heterocycles. The van der Waals surface area contributed by atoms with Crippen LogP contribution in [-0.2, 0) is 11.2 Å². The summed E-state index contributed by atoms with van der Waals surface area (Å²) in [6, 6.07) is 6.34. The van der Waals surface area contributed by atoms with E-state index in [0.717, 1.165) is 18.4 Å². The standard InChI is InChI=1S/C17H25NO/c1-12-7-8-14(9-13(12)2)10-17(19)16-6-4-3-5-15(16)11-18/h7-9,15-16H,3-6,10-11,18H2,1-2H3. The summed E-state index contributed by atoms with van der Waals surface area (Å²) in [6.07, 6.45) is 5.14. The predicted octanol–water partition coefficient (Wildman–Crippen LogP) is 3.18. The second-order valence-electron chi connectivity index (χ2n) is 5.95.